The third-order valence-corrected chi connectivity index (χ3v) is 7.24. The monoisotopic (exact) mass is 416 g/mol. The number of hydrogen-bond acceptors (Lipinski definition) is 0. The molecule has 0 N–H and O–H groups in total. The summed E-state index contributed by atoms with van der Waals surface area (Å²) in [5.41, 5.74) is 0. The molecule has 0 aromatic heterocycles. The van der Waals surface area contributed by atoms with Crippen LogP contribution in [0.25, 0.3) is 0 Å². The third kappa shape index (κ3) is 14.6. The SMILES string of the molecule is CCC[CH2][Sn]([Cl])([Cl])[Cl].[CsH]. The Morgan fingerprint density at radius 1 is 1.22 bits per heavy atom. The van der Waals surface area contributed by atoms with E-state index in [0.29, 0.717) is 0 Å². The molecule has 0 amide bonds. The molecule has 0 nitrogen and oxygen atoms in total. The third-order valence-electron chi connectivity index (χ3n) is 0.814. The van der Waals surface area contributed by atoms with Gasteiger partial charge in [0.05, 0.1) is 0 Å². The first-order chi connectivity index (χ1) is 3.56. The van der Waals surface area contributed by atoms with Crippen LogP contribution in [0.1, 0.15) is 19.8 Å². The fraction of sp³-hybridized carbons (Fsp3) is 1.00. The molecule has 0 bridgehead atoms. The van der Waals surface area contributed by atoms with Crippen molar-refractivity contribution in [2.45, 2.75) is 24.2 Å². The van der Waals surface area contributed by atoms with E-state index in [0.717, 1.165) is 17.3 Å². The van der Waals surface area contributed by atoms with Crippen LogP contribution in [0.2, 0.25) is 4.44 Å². The van der Waals surface area contributed by atoms with Crippen LogP contribution < -0.4 is 0 Å². The molecule has 0 fully saturated rings. The van der Waals surface area contributed by atoms with Gasteiger partial charge in [-0.15, -0.1) is 0 Å². The molecule has 0 aromatic carbocycles. The minimum absolute atomic E-state index is 0. The van der Waals surface area contributed by atoms with E-state index in [1.165, 1.54) is 0 Å². The van der Waals surface area contributed by atoms with Crippen molar-refractivity contribution in [2.75, 3.05) is 0 Å². The zero-order valence-electron chi connectivity index (χ0n) is 4.76. The summed E-state index contributed by atoms with van der Waals surface area (Å²) >= 11 is -2.89. The van der Waals surface area contributed by atoms with Crippen LogP contribution >= 0.6 is 26.8 Å². The van der Waals surface area contributed by atoms with Crippen LogP contribution in [0.4, 0.5) is 0 Å². The number of halogens is 3. The van der Waals surface area contributed by atoms with Crippen molar-refractivity contribution >= 4 is 111 Å². The van der Waals surface area contributed by atoms with Crippen LogP contribution in [-0.2, 0) is 0 Å². The van der Waals surface area contributed by atoms with Crippen LogP contribution in [0.3, 0.4) is 0 Å². The van der Waals surface area contributed by atoms with Crippen molar-refractivity contribution in [2.24, 2.45) is 0 Å². The maximum atomic E-state index is 5.65. The average Bonchev–Trinajstić information content (AvgIpc) is 1.59. The van der Waals surface area contributed by atoms with Gasteiger partial charge in [0, 0.05) is 0 Å². The summed E-state index contributed by atoms with van der Waals surface area (Å²) in [4.78, 5) is 0. The van der Waals surface area contributed by atoms with Gasteiger partial charge in [0.1, 0.15) is 0 Å². The Labute approximate surface area is 131 Å². The minimum atomic E-state index is -2.89. The molecule has 0 spiro atoms. The van der Waals surface area contributed by atoms with E-state index in [4.69, 9.17) is 26.8 Å². The van der Waals surface area contributed by atoms with Crippen molar-refractivity contribution in [1.29, 1.82) is 0 Å². The second-order valence-corrected chi connectivity index (χ2v) is 23.5. The first-order valence-electron chi connectivity index (χ1n) is 2.63. The van der Waals surface area contributed by atoms with Gasteiger partial charge in [-0.3, -0.25) is 0 Å². The van der Waals surface area contributed by atoms with Gasteiger partial charge in [0.15, 0.2) is 0 Å². The quantitative estimate of drug-likeness (QED) is 0.622. The Hall–Kier alpha value is 3.72. The first kappa shape index (κ1) is 15.2. The Morgan fingerprint density at radius 2 is 1.67 bits per heavy atom. The van der Waals surface area contributed by atoms with E-state index in [1.54, 1.807) is 0 Å². The fourth-order valence-electron chi connectivity index (χ4n) is 0.377. The standard InChI is InChI=1S/C4H9.3ClH.Cs.Sn.H/c1-3-4-2;;;;;;/h1,3-4H2,2H3;3*1H;;;/q;;;;;+3;/p-3. The first-order valence-corrected chi connectivity index (χ1v) is 15.5. The van der Waals surface area contributed by atoms with Crippen molar-refractivity contribution in [3.05, 3.63) is 0 Å². The Kier molecular flexibility index (Phi) is 14.1. The van der Waals surface area contributed by atoms with Crippen LogP contribution in [0.15, 0.2) is 0 Å². The van der Waals surface area contributed by atoms with E-state index in [9.17, 15) is 0 Å². The Bertz CT molecular complexity index is 63.3. The normalized spacial score (nSPS) is 10.7. The van der Waals surface area contributed by atoms with Gasteiger partial charge in [0.2, 0.25) is 0 Å². The number of rotatable bonds is 3. The van der Waals surface area contributed by atoms with Gasteiger partial charge in [-0.2, -0.15) is 0 Å². The summed E-state index contributed by atoms with van der Waals surface area (Å²) in [6, 6.07) is 0. The van der Waals surface area contributed by atoms with E-state index in [-0.39, 0.29) is 68.9 Å². The van der Waals surface area contributed by atoms with Gasteiger partial charge >= 0.3 is 135 Å². The van der Waals surface area contributed by atoms with Crippen LogP contribution in [0.5, 0.6) is 0 Å². The number of hydrogen-bond donors (Lipinski definition) is 0. The van der Waals surface area contributed by atoms with Crippen molar-refractivity contribution in [3.63, 3.8) is 0 Å². The summed E-state index contributed by atoms with van der Waals surface area (Å²) in [6.45, 7) is 2.10. The van der Waals surface area contributed by atoms with E-state index < -0.39 is 15.0 Å². The predicted molar refractivity (Wildman–Crippen MR) is 50.2 cm³/mol. The zero-order valence-corrected chi connectivity index (χ0v) is 9.88. The topological polar surface area (TPSA) is 0 Å². The summed E-state index contributed by atoms with van der Waals surface area (Å²) in [5.74, 6) is 0. The molecule has 0 saturated heterocycles. The van der Waals surface area contributed by atoms with Gasteiger partial charge in [-0.05, 0) is 0 Å². The molecule has 0 unspecified atom stereocenters. The molecule has 0 aromatic rings. The molecule has 0 rings (SSSR count). The molecule has 9 heavy (non-hydrogen) atoms. The molecule has 0 radical (unpaired) electrons. The van der Waals surface area contributed by atoms with Gasteiger partial charge < -0.3 is 0 Å². The zero-order chi connectivity index (χ0) is 6.62. The van der Waals surface area contributed by atoms with Crippen molar-refractivity contribution < 1.29 is 0 Å². The second kappa shape index (κ2) is 8.32. The van der Waals surface area contributed by atoms with E-state index >= 15 is 0 Å². The molecule has 0 aliphatic heterocycles. The van der Waals surface area contributed by atoms with Crippen LogP contribution in [-0.4, -0.2) is 83.9 Å². The van der Waals surface area contributed by atoms with Gasteiger partial charge in [0.25, 0.3) is 0 Å². The summed E-state index contributed by atoms with van der Waals surface area (Å²) in [6.07, 6.45) is 2.21. The van der Waals surface area contributed by atoms with Crippen molar-refractivity contribution in [1.82, 2.24) is 0 Å². The van der Waals surface area contributed by atoms with E-state index in [1.807, 2.05) is 0 Å². The molecule has 5 heteroatoms. The van der Waals surface area contributed by atoms with Crippen molar-refractivity contribution in [3.8, 4) is 0 Å². The molecule has 52 valence electrons. The molecule has 0 aliphatic rings. The fourth-order valence-corrected chi connectivity index (χ4v) is 5.22. The predicted octanol–water partition coefficient (Wildman–Crippen LogP) is 2.79. The van der Waals surface area contributed by atoms with E-state index in [2.05, 4.69) is 6.92 Å². The Morgan fingerprint density at radius 3 is 1.78 bits per heavy atom. The molecular weight excluding hydrogens is 406 g/mol. The summed E-state index contributed by atoms with van der Waals surface area (Å²) in [5, 5.41) is 0. The molecule has 0 saturated carbocycles. The van der Waals surface area contributed by atoms with Gasteiger partial charge in [-0.25, -0.2) is 0 Å². The maximum absolute atomic E-state index is 5.65. The average molecular weight is 416 g/mol. The van der Waals surface area contributed by atoms with Gasteiger partial charge in [-0.1, -0.05) is 0 Å². The number of unbranched alkanes of at least 4 members (excludes halogenated alkanes) is 1. The summed E-state index contributed by atoms with van der Waals surface area (Å²) in [7, 11) is 17.0. The molecular formula is C4H10Cl3CsSn. The molecule has 0 heterocycles. The summed E-state index contributed by atoms with van der Waals surface area (Å²) < 4.78 is 0.871. The van der Waals surface area contributed by atoms with Crippen LogP contribution in [0, 0.1) is 0 Å². The Balaban J connectivity index is 0. The molecule has 0 aliphatic carbocycles. The second-order valence-electron chi connectivity index (χ2n) is 1.72. The molecule has 0 atom stereocenters.